The van der Waals surface area contributed by atoms with Crippen LogP contribution in [0.15, 0.2) is 0 Å². The second-order valence-electron chi connectivity index (χ2n) is 3.30. The molecule has 0 bridgehead atoms. The Bertz CT molecular complexity index is 123. The van der Waals surface area contributed by atoms with Crippen molar-refractivity contribution in [1.82, 2.24) is 0 Å². The molecule has 0 aromatic carbocycles. The van der Waals surface area contributed by atoms with Crippen molar-refractivity contribution < 1.29 is 9.90 Å². The van der Waals surface area contributed by atoms with Crippen LogP contribution in [0.2, 0.25) is 0 Å². The molecule has 0 saturated heterocycles. The minimum absolute atomic E-state index is 0.0900. The minimum Gasteiger partial charge on any atom is -0.393 e. The average molecular weight is 159 g/mol. The molecule has 0 radical (unpaired) electrons. The van der Waals surface area contributed by atoms with Crippen molar-refractivity contribution in [3.8, 4) is 0 Å². The molecule has 0 aliphatic carbocycles. The predicted octanol–water partition coefficient (Wildman–Crippen LogP) is 0.659. The van der Waals surface area contributed by atoms with Crippen LogP contribution in [-0.4, -0.2) is 17.1 Å². The zero-order chi connectivity index (χ0) is 8.85. The molecule has 3 heteroatoms. The molecule has 0 heterocycles. The monoisotopic (exact) mass is 159 g/mol. The van der Waals surface area contributed by atoms with E-state index in [2.05, 4.69) is 13.8 Å². The molecule has 0 aromatic rings. The lowest BCUT2D eigenvalue weighted by Crippen LogP contribution is -2.20. The Morgan fingerprint density at radius 1 is 1.45 bits per heavy atom. The summed E-state index contributed by atoms with van der Waals surface area (Å²) in [6.07, 6.45) is 1.15. The summed E-state index contributed by atoms with van der Waals surface area (Å²) in [5, 5.41) is 9.17. The van der Waals surface area contributed by atoms with Crippen LogP contribution >= 0.6 is 0 Å². The molecule has 0 aliphatic heterocycles. The van der Waals surface area contributed by atoms with E-state index in [1.54, 1.807) is 0 Å². The van der Waals surface area contributed by atoms with Gasteiger partial charge < -0.3 is 10.8 Å². The van der Waals surface area contributed by atoms with Crippen molar-refractivity contribution in [3.63, 3.8) is 0 Å². The first-order valence-corrected chi connectivity index (χ1v) is 3.98. The van der Waals surface area contributed by atoms with Gasteiger partial charge in [0.15, 0.2) is 0 Å². The number of nitrogens with two attached hydrogens (primary N) is 1. The van der Waals surface area contributed by atoms with Crippen molar-refractivity contribution in [2.75, 3.05) is 0 Å². The molecule has 11 heavy (non-hydrogen) atoms. The van der Waals surface area contributed by atoms with Crippen molar-refractivity contribution >= 4 is 5.91 Å². The molecule has 0 unspecified atom stereocenters. The van der Waals surface area contributed by atoms with Crippen molar-refractivity contribution in [2.45, 2.75) is 39.2 Å². The van der Waals surface area contributed by atoms with Crippen molar-refractivity contribution in [2.24, 2.45) is 11.7 Å². The van der Waals surface area contributed by atoms with E-state index in [9.17, 15) is 4.79 Å². The fraction of sp³-hybridized carbons (Fsp3) is 0.875. The quantitative estimate of drug-likeness (QED) is 0.619. The van der Waals surface area contributed by atoms with Crippen LogP contribution < -0.4 is 5.73 Å². The summed E-state index contributed by atoms with van der Waals surface area (Å²) >= 11 is 0. The summed E-state index contributed by atoms with van der Waals surface area (Å²) in [7, 11) is 0. The number of hydrogen-bond acceptors (Lipinski definition) is 2. The predicted molar refractivity (Wildman–Crippen MR) is 43.9 cm³/mol. The molecular formula is C8H17NO2. The number of aliphatic hydroxyl groups is 1. The first kappa shape index (κ1) is 10.4. The molecule has 1 amide bonds. The standard InChI is InChI=1S/C8H17NO2/c1-6(2)3-4-7(10)5-8(9)11/h6-7,10H,3-5H2,1-2H3,(H2,9,11)/t7-/m0/s1. The van der Waals surface area contributed by atoms with Crippen LogP contribution in [0.1, 0.15) is 33.1 Å². The molecule has 0 saturated carbocycles. The smallest absolute Gasteiger partial charge is 0.220 e. The Morgan fingerprint density at radius 3 is 2.36 bits per heavy atom. The Balaban J connectivity index is 3.37. The van der Waals surface area contributed by atoms with Gasteiger partial charge in [0.2, 0.25) is 5.91 Å². The maximum atomic E-state index is 10.3. The van der Waals surface area contributed by atoms with E-state index in [-0.39, 0.29) is 6.42 Å². The third-order valence-corrected chi connectivity index (χ3v) is 1.51. The first-order chi connectivity index (χ1) is 5.02. The average Bonchev–Trinajstić information content (AvgIpc) is 1.82. The Kier molecular flexibility index (Phi) is 4.86. The van der Waals surface area contributed by atoms with Gasteiger partial charge in [-0.3, -0.25) is 4.79 Å². The number of primary amides is 1. The van der Waals surface area contributed by atoms with Crippen LogP contribution in [-0.2, 0) is 4.79 Å². The number of hydrogen-bond donors (Lipinski definition) is 2. The van der Waals surface area contributed by atoms with E-state index in [1.165, 1.54) is 0 Å². The lowest BCUT2D eigenvalue weighted by atomic mass is 10.0. The molecule has 0 aromatic heterocycles. The van der Waals surface area contributed by atoms with Crippen molar-refractivity contribution in [1.29, 1.82) is 0 Å². The largest absolute Gasteiger partial charge is 0.393 e. The highest BCUT2D eigenvalue weighted by Gasteiger charge is 2.07. The Labute approximate surface area is 67.6 Å². The normalized spacial score (nSPS) is 13.5. The van der Waals surface area contributed by atoms with Gasteiger partial charge in [-0.15, -0.1) is 0 Å². The minimum atomic E-state index is -0.546. The molecule has 0 fully saturated rings. The van der Waals surface area contributed by atoms with E-state index < -0.39 is 12.0 Å². The number of carbonyl (C=O) groups excluding carboxylic acids is 1. The molecule has 0 aliphatic rings. The zero-order valence-electron chi connectivity index (χ0n) is 7.21. The molecule has 1 atom stereocenters. The van der Waals surface area contributed by atoms with E-state index in [0.29, 0.717) is 12.3 Å². The third-order valence-electron chi connectivity index (χ3n) is 1.51. The van der Waals surface area contributed by atoms with E-state index in [0.717, 1.165) is 6.42 Å². The molecule has 66 valence electrons. The molecule has 3 N–H and O–H groups in total. The van der Waals surface area contributed by atoms with Gasteiger partial charge in [0.25, 0.3) is 0 Å². The van der Waals surface area contributed by atoms with Gasteiger partial charge >= 0.3 is 0 Å². The van der Waals surface area contributed by atoms with Gasteiger partial charge in [-0.1, -0.05) is 13.8 Å². The van der Waals surface area contributed by atoms with Gasteiger partial charge in [0, 0.05) is 0 Å². The fourth-order valence-corrected chi connectivity index (χ4v) is 0.860. The van der Waals surface area contributed by atoms with Crippen LogP contribution in [0, 0.1) is 5.92 Å². The van der Waals surface area contributed by atoms with Crippen LogP contribution in [0.5, 0.6) is 0 Å². The first-order valence-electron chi connectivity index (χ1n) is 3.98. The number of rotatable bonds is 5. The molecule has 3 nitrogen and oxygen atoms in total. The molecule has 0 spiro atoms. The second kappa shape index (κ2) is 5.13. The summed E-state index contributed by atoms with van der Waals surface area (Å²) in [6, 6.07) is 0. The maximum Gasteiger partial charge on any atom is 0.220 e. The summed E-state index contributed by atoms with van der Waals surface area (Å²) < 4.78 is 0. The third kappa shape index (κ3) is 7.33. The van der Waals surface area contributed by atoms with Gasteiger partial charge in [-0.2, -0.15) is 0 Å². The second-order valence-corrected chi connectivity index (χ2v) is 3.30. The summed E-state index contributed by atoms with van der Waals surface area (Å²) in [5.41, 5.74) is 4.90. The van der Waals surface area contributed by atoms with Gasteiger partial charge in [-0.25, -0.2) is 0 Å². The highest BCUT2D eigenvalue weighted by Crippen LogP contribution is 2.08. The lowest BCUT2D eigenvalue weighted by molar-refractivity contribution is -0.119. The van der Waals surface area contributed by atoms with Crippen LogP contribution in [0.4, 0.5) is 0 Å². The Hall–Kier alpha value is -0.570. The zero-order valence-corrected chi connectivity index (χ0v) is 7.21. The topological polar surface area (TPSA) is 63.3 Å². The maximum absolute atomic E-state index is 10.3. The number of aliphatic hydroxyl groups excluding tert-OH is 1. The van der Waals surface area contributed by atoms with Crippen LogP contribution in [0.3, 0.4) is 0 Å². The van der Waals surface area contributed by atoms with E-state index >= 15 is 0 Å². The van der Waals surface area contributed by atoms with Crippen LogP contribution in [0.25, 0.3) is 0 Å². The summed E-state index contributed by atoms with van der Waals surface area (Å²) in [6.45, 7) is 4.16. The summed E-state index contributed by atoms with van der Waals surface area (Å²) in [4.78, 5) is 10.3. The van der Waals surface area contributed by atoms with E-state index in [1.807, 2.05) is 0 Å². The number of amides is 1. The SMILES string of the molecule is CC(C)CC[C@H](O)CC(N)=O. The van der Waals surface area contributed by atoms with Crippen molar-refractivity contribution in [3.05, 3.63) is 0 Å². The fourth-order valence-electron chi connectivity index (χ4n) is 0.860. The summed E-state index contributed by atoms with van der Waals surface area (Å²) in [5.74, 6) is 0.138. The number of carbonyl (C=O) groups is 1. The molecular weight excluding hydrogens is 142 g/mol. The lowest BCUT2D eigenvalue weighted by Gasteiger charge is -2.09. The highest BCUT2D eigenvalue weighted by atomic mass is 16.3. The van der Waals surface area contributed by atoms with Gasteiger partial charge in [-0.05, 0) is 18.8 Å². The molecule has 0 rings (SSSR count). The van der Waals surface area contributed by atoms with E-state index in [4.69, 9.17) is 10.8 Å². The highest BCUT2D eigenvalue weighted by molar-refractivity contribution is 5.74. The van der Waals surface area contributed by atoms with Gasteiger partial charge in [0.05, 0.1) is 12.5 Å². The Morgan fingerprint density at radius 2 is 2.00 bits per heavy atom. The van der Waals surface area contributed by atoms with Gasteiger partial charge in [0.1, 0.15) is 0 Å².